The monoisotopic (exact) mass is 475 g/mol. The van der Waals surface area contributed by atoms with Gasteiger partial charge in [0, 0.05) is 24.3 Å². The van der Waals surface area contributed by atoms with Crippen LogP contribution in [0.1, 0.15) is 17.3 Å². The van der Waals surface area contributed by atoms with Crippen LogP contribution in [0.2, 0.25) is 0 Å². The highest BCUT2D eigenvalue weighted by Gasteiger charge is 2.21. The smallest absolute Gasteiger partial charge is 0.326 e. The second-order valence-corrected chi connectivity index (χ2v) is 7.36. The number of nitrogens with zero attached hydrogens (tertiary/aromatic N) is 5. The van der Waals surface area contributed by atoms with E-state index in [9.17, 15) is 39.9 Å². The molecule has 170 valence electrons. The maximum Gasteiger partial charge on any atom is 0.326 e. The lowest BCUT2D eigenvalue weighted by molar-refractivity contribution is -0.394. The first-order chi connectivity index (χ1) is 15.6. The summed E-state index contributed by atoms with van der Waals surface area (Å²) in [5.41, 5.74) is -1.78. The number of thiazole rings is 1. The summed E-state index contributed by atoms with van der Waals surface area (Å²) in [6.07, 6.45) is 0. The Balaban J connectivity index is 2.19. The zero-order valence-electron chi connectivity index (χ0n) is 16.7. The van der Waals surface area contributed by atoms with Crippen molar-refractivity contribution in [2.75, 3.05) is 6.61 Å². The summed E-state index contributed by atoms with van der Waals surface area (Å²) in [7, 11) is 0. The van der Waals surface area contributed by atoms with Crippen molar-refractivity contribution >= 4 is 50.5 Å². The fourth-order valence-electron chi connectivity index (χ4n) is 2.83. The minimum atomic E-state index is -1.04. The van der Waals surface area contributed by atoms with Crippen LogP contribution in [0.3, 0.4) is 0 Å². The van der Waals surface area contributed by atoms with E-state index >= 15 is 0 Å². The van der Waals surface area contributed by atoms with Crippen molar-refractivity contribution < 1.29 is 29.1 Å². The third-order valence-electron chi connectivity index (χ3n) is 4.24. The molecule has 0 aliphatic rings. The van der Waals surface area contributed by atoms with Crippen LogP contribution in [-0.4, -0.2) is 37.8 Å². The third kappa shape index (κ3) is 5.04. The van der Waals surface area contributed by atoms with Gasteiger partial charge >= 0.3 is 5.97 Å². The zero-order valence-corrected chi connectivity index (χ0v) is 17.5. The van der Waals surface area contributed by atoms with Gasteiger partial charge in [-0.05, 0) is 13.0 Å². The van der Waals surface area contributed by atoms with E-state index in [1.165, 1.54) is 22.8 Å². The van der Waals surface area contributed by atoms with E-state index in [0.717, 1.165) is 23.5 Å². The number of amides is 1. The van der Waals surface area contributed by atoms with Gasteiger partial charge in [-0.25, -0.2) is 0 Å². The van der Waals surface area contributed by atoms with E-state index in [1.807, 2.05) is 0 Å². The van der Waals surface area contributed by atoms with Gasteiger partial charge in [-0.3, -0.25) is 39.9 Å². The molecular weight excluding hydrogens is 462 g/mol. The van der Waals surface area contributed by atoms with Crippen LogP contribution in [0.25, 0.3) is 10.2 Å². The summed E-state index contributed by atoms with van der Waals surface area (Å²) in [4.78, 5) is 59.5. The Morgan fingerprint density at radius 3 is 2.12 bits per heavy atom. The quantitative estimate of drug-likeness (QED) is 0.281. The number of hydrogen-bond acceptors (Lipinski definition) is 10. The highest BCUT2D eigenvalue weighted by Crippen LogP contribution is 2.25. The number of benzene rings is 2. The van der Waals surface area contributed by atoms with Crippen LogP contribution in [0.15, 0.2) is 41.4 Å². The molecule has 0 fully saturated rings. The predicted octanol–water partition coefficient (Wildman–Crippen LogP) is 2.73. The largest absolute Gasteiger partial charge is 0.465 e. The molecule has 0 aliphatic heterocycles. The van der Waals surface area contributed by atoms with Crippen molar-refractivity contribution in [3.8, 4) is 0 Å². The number of hydrogen-bond donors (Lipinski definition) is 0. The Morgan fingerprint density at radius 2 is 1.58 bits per heavy atom. The molecule has 3 rings (SSSR count). The van der Waals surface area contributed by atoms with E-state index in [4.69, 9.17) is 4.74 Å². The number of nitro groups is 3. The molecule has 0 spiro atoms. The summed E-state index contributed by atoms with van der Waals surface area (Å²) in [5, 5.41) is 33.3. The average Bonchev–Trinajstić information content (AvgIpc) is 3.09. The van der Waals surface area contributed by atoms with Crippen molar-refractivity contribution in [1.29, 1.82) is 0 Å². The molecule has 0 saturated heterocycles. The number of ether oxygens (including phenoxy) is 1. The van der Waals surface area contributed by atoms with Gasteiger partial charge in [0.15, 0.2) is 4.80 Å². The molecular formula is C18H13N5O9S. The van der Waals surface area contributed by atoms with Crippen LogP contribution >= 0.6 is 11.3 Å². The third-order valence-corrected chi connectivity index (χ3v) is 5.30. The molecule has 3 aromatic rings. The Hall–Kier alpha value is -4.53. The van der Waals surface area contributed by atoms with Gasteiger partial charge in [0.2, 0.25) is 0 Å². The summed E-state index contributed by atoms with van der Waals surface area (Å²) in [5.74, 6) is -1.73. The summed E-state index contributed by atoms with van der Waals surface area (Å²) < 4.78 is 6.60. The molecule has 2 aromatic carbocycles. The number of nitro benzene ring substituents is 3. The van der Waals surface area contributed by atoms with Gasteiger partial charge in [0.25, 0.3) is 23.0 Å². The van der Waals surface area contributed by atoms with Gasteiger partial charge in [-0.15, -0.1) is 0 Å². The molecule has 0 bridgehead atoms. The van der Waals surface area contributed by atoms with Crippen LogP contribution in [0.5, 0.6) is 0 Å². The fraction of sp³-hybridized carbons (Fsp3) is 0.167. The Bertz CT molecular complexity index is 1360. The van der Waals surface area contributed by atoms with Crippen LogP contribution in [0, 0.1) is 30.3 Å². The molecule has 15 heteroatoms. The molecule has 0 aliphatic carbocycles. The highest BCUT2D eigenvalue weighted by atomic mass is 32.1. The Kier molecular flexibility index (Phi) is 6.53. The first kappa shape index (κ1) is 23.1. The molecule has 1 heterocycles. The fourth-order valence-corrected chi connectivity index (χ4v) is 3.83. The standard InChI is InChI=1S/C18H13N5O9S/c1-2-32-16(24)9-20-14-8-11(21(26)27)3-4-15(14)33-18(20)19-17(25)10-5-12(22(28)29)7-13(6-10)23(30)31/h3-8H,2,9H2,1H3. The van der Waals surface area contributed by atoms with Crippen molar-refractivity contribution in [2.45, 2.75) is 13.5 Å². The van der Waals surface area contributed by atoms with E-state index in [2.05, 4.69) is 4.99 Å². The van der Waals surface area contributed by atoms with Crippen LogP contribution in [0.4, 0.5) is 17.1 Å². The SMILES string of the molecule is CCOC(=O)Cn1c(=NC(=O)c2cc([N+](=O)[O-])cc([N+](=O)[O-])c2)sc2ccc([N+](=O)[O-])cc21. The van der Waals surface area contributed by atoms with E-state index in [1.54, 1.807) is 6.92 Å². The maximum absolute atomic E-state index is 12.7. The number of rotatable bonds is 7. The number of carbonyl (C=O) groups excluding carboxylic acids is 2. The minimum Gasteiger partial charge on any atom is -0.465 e. The van der Waals surface area contributed by atoms with Gasteiger partial charge in [-0.1, -0.05) is 11.3 Å². The van der Waals surface area contributed by atoms with Crippen LogP contribution < -0.4 is 4.80 Å². The van der Waals surface area contributed by atoms with Crippen molar-refractivity contribution in [3.05, 3.63) is 77.1 Å². The summed E-state index contributed by atoms with van der Waals surface area (Å²) in [6, 6.07) is 6.24. The maximum atomic E-state index is 12.7. The normalized spacial score (nSPS) is 11.4. The summed E-state index contributed by atoms with van der Waals surface area (Å²) >= 11 is 0.926. The van der Waals surface area contributed by atoms with Gasteiger partial charge in [-0.2, -0.15) is 4.99 Å². The van der Waals surface area contributed by atoms with Gasteiger partial charge in [0.05, 0.1) is 43.2 Å². The molecule has 1 amide bonds. The summed E-state index contributed by atoms with van der Waals surface area (Å²) in [6.45, 7) is 1.24. The average molecular weight is 475 g/mol. The molecule has 33 heavy (non-hydrogen) atoms. The van der Waals surface area contributed by atoms with Crippen molar-refractivity contribution in [1.82, 2.24) is 4.57 Å². The topological polar surface area (TPSA) is 190 Å². The van der Waals surface area contributed by atoms with Gasteiger partial charge < -0.3 is 9.30 Å². The lowest BCUT2D eigenvalue weighted by atomic mass is 10.1. The van der Waals surface area contributed by atoms with Gasteiger partial charge in [0.1, 0.15) is 6.54 Å². The van der Waals surface area contributed by atoms with Crippen LogP contribution in [-0.2, 0) is 16.1 Å². The van der Waals surface area contributed by atoms with Crippen molar-refractivity contribution in [3.63, 3.8) is 0 Å². The highest BCUT2D eigenvalue weighted by molar-refractivity contribution is 7.16. The second-order valence-electron chi connectivity index (χ2n) is 6.35. The molecule has 1 aromatic heterocycles. The number of fused-ring (bicyclic) bond motifs is 1. The molecule has 0 N–H and O–H groups in total. The number of non-ortho nitro benzene ring substituents is 3. The molecule has 0 atom stereocenters. The number of esters is 1. The number of carbonyl (C=O) groups is 2. The first-order valence-electron chi connectivity index (χ1n) is 9.07. The lowest BCUT2D eigenvalue weighted by Gasteiger charge is -2.05. The Labute approximate surface area is 186 Å². The lowest BCUT2D eigenvalue weighted by Crippen LogP contribution is -2.23. The second kappa shape index (κ2) is 9.31. The first-order valence-corrected chi connectivity index (χ1v) is 9.88. The molecule has 14 nitrogen and oxygen atoms in total. The molecule has 0 radical (unpaired) electrons. The Morgan fingerprint density at radius 1 is 0.970 bits per heavy atom. The van der Waals surface area contributed by atoms with E-state index in [-0.39, 0.29) is 22.6 Å². The van der Waals surface area contributed by atoms with E-state index < -0.39 is 50.1 Å². The zero-order chi connectivity index (χ0) is 24.3. The number of aromatic nitrogens is 1. The minimum absolute atomic E-state index is 0.0577. The van der Waals surface area contributed by atoms with Crippen molar-refractivity contribution in [2.24, 2.45) is 4.99 Å². The molecule has 0 unspecified atom stereocenters. The predicted molar refractivity (Wildman–Crippen MR) is 113 cm³/mol. The van der Waals surface area contributed by atoms with E-state index in [0.29, 0.717) is 10.8 Å². The molecule has 0 saturated carbocycles.